The monoisotopic (exact) mass is 810 g/mol. The van der Waals surface area contributed by atoms with Crippen LogP contribution in [0.25, 0.3) is 0 Å². The molecule has 0 aromatic heterocycles. The molecule has 1 saturated heterocycles. The van der Waals surface area contributed by atoms with Gasteiger partial charge in [-0.2, -0.15) is 0 Å². The molecule has 1 aromatic rings. The van der Waals surface area contributed by atoms with Gasteiger partial charge in [0, 0.05) is 25.9 Å². The highest BCUT2D eigenvalue weighted by atomic mass is 16.4. The number of aliphatic imine (C=N–C) groups is 1. The molecule has 318 valence electrons. The zero-order chi connectivity index (χ0) is 43.7. The fraction of sp³-hybridized carbons (Fsp3) is 0.500. The number of amides is 5. The van der Waals surface area contributed by atoms with Crippen molar-refractivity contribution in [2.75, 3.05) is 13.6 Å². The minimum atomic E-state index is -1.81. The van der Waals surface area contributed by atoms with Gasteiger partial charge in [0.1, 0.15) is 23.8 Å². The van der Waals surface area contributed by atoms with Crippen LogP contribution in [0.1, 0.15) is 65.9 Å². The lowest BCUT2D eigenvalue weighted by Gasteiger charge is -2.28. The Bertz CT molecular complexity index is 1760. The molecule has 18 heteroatoms. The summed E-state index contributed by atoms with van der Waals surface area (Å²) in [5.41, 5.74) is 12.2. The average molecular weight is 811 g/mol. The number of likely N-dealkylation sites (N-methyl/N-ethyl adjacent to an activating group) is 1. The van der Waals surface area contributed by atoms with Crippen LogP contribution in [-0.2, 0) is 40.0 Å². The number of carboxylic acids is 2. The second kappa shape index (κ2) is 23.3. The van der Waals surface area contributed by atoms with Crippen molar-refractivity contribution >= 4 is 47.4 Å². The second-order valence-corrected chi connectivity index (χ2v) is 14.4. The van der Waals surface area contributed by atoms with Gasteiger partial charge in [0.25, 0.3) is 5.91 Å². The van der Waals surface area contributed by atoms with Crippen molar-refractivity contribution in [3.05, 3.63) is 71.5 Å². The standard InChI is InChI=1S/C40H58N8O10/c1-7-30-37(54)47-33(39(57)58)25(5)35(52)45-28(14-11-19-43-40(41)42)36(53)44-27(24(4)34(51)46-29(38(55)56)17-18-32(50)48(30)6)16-15-22(2)20-23(3)31(49)21-26-12-9-8-10-13-26/h7-10,12-13,15-16,20,23-25,27-29,31,33,49H,11,14,17-19,21H2,1-6H3,(H,44,53)(H,45,52)(H,46,51)(H,47,54)(H,55,56)(H,57,58)(H4,41,42,43)/b16-15+,22-20+,30-7-/t23-,24-,25-,27-,28-,29+,31-,33+/m0/s1. The van der Waals surface area contributed by atoms with Crippen molar-refractivity contribution in [3.8, 4) is 0 Å². The summed E-state index contributed by atoms with van der Waals surface area (Å²) in [5, 5.41) is 40.9. The number of hydrogen-bond acceptors (Lipinski definition) is 9. The summed E-state index contributed by atoms with van der Waals surface area (Å²) in [7, 11) is 1.24. The van der Waals surface area contributed by atoms with Crippen LogP contribution >= 0.6 is 0 Å². The van der Waals surface area contributed by atoms with E-state index in [2.05, 4.69) is 26.3 Å². The number of rotatable bonds is 12. The van der Waals surface area contributed by atoms with E-state index in [1.54, 1.807) is 13.0 Å². The third-order valence-corrected chi connectivity index (χ3v) is 9.80. The molecule has 5 amide bonds. The maximum absolute atomic E-state index is 14.0. The van der Waals surface area contributed by atoms with Crippen LogP contribution < -0.4 is 32.7 Å². The largest absolute Gasteiger partial charge is 0.480 e. The summed E-state index contributed by atoms with van der Waals surface area (Å²) in [6.07, 6.45) is 5.22. The van der Waals surface area contributed by atoms with Crippen molar-refractivity contribution in [2.45, 2.75) is 97.0 Å². The average Bonchev–Trinajstić information content (AvgIpc) is 3.17. The fourth-order valence-corrected chi connectivity index (χ4v) is 6.10. The van der Waals surface area contributed by atoms with Gasteiger partial charge in [0.2, 0.25) is 23.6 Å². The van der Waals surface area contributed by atoms with Crippen LogP contribution in [-0.4, -0.2) is 112 Å². The number of carbonyl (C=O) groups excluding carboxylic acids is 5. The topological polar surface area (TPSA) is 296 Å². The Kier molecular flexibility index (Phi) is 19.3. The summed E-state index contributed by atoms with van der Waals surface area (Å²) in [4.78, 5) is 97.2. The van der Waals surface area contributed by atoms with E-state index in [-0.39, 0.29) is 43.4 Å². The number of aliphatic hydroxyl groups is 1. The highest BCUT2D eigenvalue weighted by molar-refractivity contribution is 6.00. The van der Waals surface area contributed by atoms with Crippen LogP contribution in [0.15, 0.2) is 70.9 Å². The van der Waals surface area contributed by atoms with Crippen LogP contribution in [0, 0.1) is 17.8 Å². The molecule has 1 heterocycles. The summed E-state index contributed by atoms with van der Waals surface area (Å²) in [6.45, 7) is 7.79. The zero-order valence-corrected chi connectivity index (χ0v) is 33.8. The summed E-state index contributed by atoms with van der Waals surface area (Å²) < 4.78 is 0. The van der Waals surface area contributed by atoms with Gasteiger partial charge in [-0.25, -0.2) is 9.59 Å². The predicted molar refractivity (Wildman–Crippen MR) is 215 cm³/mol. The number of nitrogens with two attached hydrogens (primary N) is 2. The Morgan fingerprint density at radius 3 is 2.17 bits per heavy atom. The Hall–Kier alpha value is -6.04. The lowest BCUT2D eigenvalue weighted by atomic mass is 9.94. The first-order chi connectivity index (χ1) is 27.3. The molecule has 0 spiro atoms. The van der Waals surface area contributed by atoms with Gasteiger partial charge in [-0.3, -0.25) is 29.0 Å². The molecule has 0 aliphatic carbocycles. The van der Waals surface area contributed by atoms with Crippen LogP contribution in [0.5, 0.6) is 0 Å². The molecule has 1 aromatic carbocycles. The summed E-state index contributed by atoms with van der Waals surface area (Å²) in [5.74, 6) is -10.3. The van der Waals surface area contributed by atoms with Gasteiger partial charge in [-0.1, -0.05) is 81.0 Å². The van der Waals surface area contributed by atoms with Crippen molar-refractivity contribution in [1.82, 2.24) is 26.2 Å². The maximum atomic E-state index is 14.0. The number of allylic oxidation sites excluding steroid dienone is 3. The van der Waals surface area contributed by atoms with E-state index in [0.717, 1.165) is 10.5 Å². The number of nitrogens with zero attached hydrogens (tertiary/aromatic N) is 2. The fourth-order valence-electron chi connectivity index (χ4n) is 6.10. The van der Waals surface area contributed by atoms with Crippen LogP contribution in [0.4, 0.5) is 0 Å². The third-order valence-electron chi connectivity index (χ3n) is 9.80. The van der Waals surface area contributed by atoms with Crippen molar-refractivity contribution in [2.24, 2.45) is 34.2 Å². The van der Waals surface area contributed by atoms with Crippen LogP contribution in [0.2, 0.25) is 0 Å². The molecule has 18 nitrogen and oxygen atoms in total. The first-order valence-electron chi connectivity index (χ1n) is 19.0. The number of aliphatic hydroxyl groups excluding tert-OH is 1. The van der Waals surface area contributed by atoms with Gasteiger partial charge in [-0.15, -0.1) is 0 Å². The summed E-state index contributed by atoms with van der Waals surface area (Å²) >= 11 is 0. The van der Waals surface area contributed by atoms with Gasteiger partial charge in [-0.05, 0) is 45.1 Å². The van der Waals surface area contributed by atoms with E-state index < -0.39 is 90.0 Å². The first-order valence-corrected chi connectivity index (χ1v) is 19.0. The quantitative estimate of drug-likeness (QED) is 0.0454. The minimum Gasteiger partial charge on any atom is -0.480 e. The van der Waals surface area contributed by atoms with Crippen molar-refractivity contribution < 1.29 is 48.9 Å². The third kappa shape index (κ3) is 15.1. The van der Waals surface area contributed by atoms with Gasteiger partial charge in [0.05, 0.1) is 24.0 Å². The number of carbonyl (C=O) groups is 7. The SMILES string of the molecule is C/C=C1/C(=O)N[C@@H](C(=O)O)[C@H](C)C(=O)N[C@@H](CCCN=C(N)N)C(=O)N[C@@H](/C=C/C(C)=C/[C@H](C)[C@@H](O)Cc2ccccc2)[C@H](C)C(=O)N[C@@H](C(=O)O)CCC(=O)N1C. The molecule has 0 saturated carbocycles. The Morgan fingerprint density at radius 1 is 0.948 bits per heavy atom. The lowest BCUT2D eigenvalue weighted by molar-refractivity contribution is -0.146. The Morgan fingerprint density at radius 2 is 1.59 bits per heavy atom. The number of carboxylic acid groups (broad SMARTS) is 2. The zero-order valence-electron chi connectivity index (χ0n) is 33.8. The Balaban J connectivity index is 2.61. The molecule has 0 bridgehead atoms. The van der Waals surface area contributed by atoms with Gasteiger partial charge < -0.3 is 53.0 Å². The molecule has 1 aliphatic rings. The second-order valence-electron chi connectivity index (χ2n) is 14.4. The molecular weight excluding hydrogens is 752 g/mol. The molecule has 1 fully saturated rings. The maximum Gasteiger partial charge on any atom is 0.327 e. The normalized spacial score (nSPS) is 25.3. The smallest absolute Gasteiger partial charge is 0.327 e. The number of aliphatic carboxylic acids is 2. The molecule has 58 heavy (non-hydrogen) atoms. The molecule has 0 unspecified atom stereocenters. The highest BCUT2D eigenvalue weighted by Crippen LogP contribution is 2.17. The molecule has 11 N–H and O–H groups in total. The van der Waals surface area contributed by atoms with E-state index in [1.165, 1.54) is 40.0 Å². The van der Waals surface area contributed by atoms with E-state index in [1.807, 2.05) is 43.3 Å². The van der Waals surface area contributed by atoms with Crippen molar-refractivity contribution in [1.29, 1.82) is 0 Å². The molecular formula is C40H58N8O10. The molecule has 2 rings (SSSR count). The number of benzene rings is 1. The minimum absolute atomic E-state index is 0.0470. The Labute approximate surface area is 338 Å². The lowest BCUT2D eigenvalue weighted by Crippen LogP contribution is -2.56. The van der Waals surface area contributed by atoms with E-state index in [4.69, 9.17) is 11.5 Å². The number of nitrogens with one attached hydrogen (secondary N) is 4. The molecule has 1 aliphatic heterocycles. The van der Waals surface area contributed by atoms with E-state index in [0.29, 0.717) is 12.0 Å². The van der Waals surface area contributed by atoms with E-state index in [9.17, 15) is 48.9 Å². The highest BCUT2D eigenvalue weighted by Gasteiger charge is 2.36. The van der Waals surface area contributed by atoms with E-state index >= 15 is 0 Å². The number of hydrogen-bond donors (Lipinski definition) is 9. The number of guanidine groups is 1. The van der Waals surface area contributed by atoms with Gasteiger partial charge in [0.15, 0.2) is 5.96 Å². The first kappa shape index (κ1) is 48.1. The summed E-state index contributed by atoms with van der Waals surface area (Å²) in [6, 6.07) is 3.66. The van der Waals surface area contributed by atoms with Crippen molar-refractivity contribution in [3.63, 3.8) is 0 Å². The molecule has 8 atom stereocenters. The van der Waals surface area contributed by atoms with Crippen LogP contribution in [0.3, 0.4) is 0 Å². The molecule has 0 radical (unpaired) electrons. The predicted octanol–water partition coefficient (Wildman–Crippen LogP) is 0.319. The van der Waals surface area contributed by atoms with Gasteiger partial charge >= 0.3 is 11.9 Å².